The number of hydrogen-bond acceptors (Lipinski definition) is 4. The Labute approximate surface area is 143 Å². The van der Waals surface area contributed by atoms with Gasteiger partial charge in [0.05, 0.1) is 10.6 Å². The third-order valence-corrected chi connectivity index (χ3v) is 4.65. The summed E-state index contributed by atoms with van der Waals surface area (Å²) in [5.74, 6) is -0.150. The minimum absolute atomic E-state index is 0.0693. The normalized spacial score (nSPS) is 11.6. The molecule has 0 radical (unpaired) electrons. The highest BCUT2D eigenvalue weighted by Crippen LogP contribution is 2.28. The standard InChI is InChI=1S/C15H14BrN3O3S/c1-11(20)19(2)14-9-12(16)8-13(10-14)17-18-23(21,22)15-6-4-3-5-7-15/h3-10H,1-2H3. The molecule has 23 heavy (non-hydrogen) atoms. The molecule has 2 aromatic carbocycles. The van der Waals surface area contributed by atoms with Crippen molar-refractivity contribution in [3.8, 4) is 0 Å². The lowest BCUT2D eigenvalue weighted by atomic mass is 10.2. The molecule has 0 aromatic heterocycles. The summed E-state index contributed by atoms with van der Waals surface area (Å²) in [4.78, 5) is 12.9. The van der Waals surface area contributed by atoms with E-state index >= 15 is 0 Å². The summed E-state index contributed by atoms with van der Waals surface area (Å²) in [5, 5.41) is 3.79. The summed E-state index contributed by atoms with van der Waals surface area (Å²) < 4.78 is 28.3. The van der Waals surface area contributed by atoms with Crippen LogP contribution in [0, 0.1) is 0 Å². The molecule has 2 aromatic rings. The van der Waals surface area contributed by atoms with Crippen molar-refractivity contribution < 1.29 is 13.2 Å². The van der Waals surface area contributed by atoms with E-state index in [2.05, 4.69) is 25.6 Å². The highest BCUT2D eigenvalue weighted by Gasteiger charge is 2.12. The SMILES string of the molecule is CC(=O)N(C)c1cc(Br)cc(N=NS(=O)(=O)c2ccccc2)c1. The average molecular weight is 396 g/mol. The van der Waals surface area contributed by atoms with Gasteiger partial charge in [0.15, 0.2) is 0 Å². The Balaban J connectivity index is 2.35. The molecule has 0 fully saturated rings. The van der Waals surface area contributed by atoms with E-state index < -0.39 is 10.0 Å². The molecule has 6 nitrogen and oxygen atoms in total. The molecule has 0 atom stereocenters. The van der Waals surface area contributed by atoms with Crippen molar-refractivity contribution in [2.45, 2.75) is 11.8 Å². The molecular weight excluding hydrogens is 382 g/mol. The molecule has 0 saturated heterocycles. The molecular formula is C15H14BrN3O3S. The van der Waals surface area contributed by atoms with Gasteiger partial charge < -0.3 is 4.90 Å². The lowest BCUT2D eigenvalue weighted by Gasteiger charge is -2.15. The topological polar surface area (TPSA) is 79.2 Å². The molecule has 120 valence electrons. The molecule has 0 N–H and O–H groups in total. The van der Waals surface area contributed by atoms with E-state index in [0.717, 1.165) is 0 Å². The Morgan fingerprint density at radius 3 is 2.39 bits per heavy atom. The van der Waals surface area contributed by atoms with E-state index in [1.807, 2.05) is 0 Å². The lowest BCUT2D eigenvalue weighted by molar-refractivity contribution is -0.116. The second kappa shape index (κ2) is 7.01. The summed E-state index contributed by atoms with van der Waals surface area (Å²) in [6.45, 7) is 1.43. The van der Waals surface area contributed by atoms with Crippen LogP contribution in [0.4, 0.5) is 11.4 Å². The van der Waals surface area contributed by atoms with Crippen LogP contribution >= 0.6 is 15.9 Å². The molecule has 0 unspecified atom stereocenters. The van der Waals surface area contributed by atoms with E-state index in [-0.39, 0.29) is 10.8 Å². The zero-order valence-corrected chi connectivity index (χ0v) is 14.9. The largest absolute Gasteiger partial charge is 0.316 e. The predicted molar refractivity (Wildman–Crippen MR) is 91.4 cm³/mol. The van der Waals surface area contributed by atoms with Gasteiger partial charge in [-0.05, 0) is 30.3 Å². The first-order valence-corrected chi connectivity index (χ1v) is 8.81. The van der Waals surface area contributed by atoms with E-state index in [1.54, 1.807) is 43.4 Å². The molecule has 0 bridgehead atoms. The Bertz CT molecular complexity index is 852. The van der Waals surface area contributed by atoms with Crippen molar-refractivity contribution in [1.82, 2.24) is 0 Å². The van der Waals surface area contributed by atoms with Gasteiger partial charge in [-0.2, -0.15) is 8.42 Å². The third-order valence-electron chi connectivity index (χ3n) is 3.03. The Hall–Kier alpha value is -2.06. The lowest BCUT2D eigenvalue weighted by Crippen LogP contribution is -2.22. The van der Waals surface area contributed by atoms with Crippen molar-refractivity contribution >= 4 is 43.2 Å². The number of benzene rings is 2. The maximum Gasteiger partial charge on any atom is 0.299 e. The minimum atomic E-state index is -3.86. The van der Waals surface area contributed by atoms with Gasteiger partial charge in [0, 0.05) is 24.1 Å². The van der Waals surface area contributed by atoms with Crippen molar-refractivity contribution in [1.29, 1.82) is 0 Å². The van der Waals surface area contributed by atoms with Crippen LogP contribution in [0.3, 0.4) is 0 Å². The first kappa shape index (κ1) is 17.3. The van der Waals surface area contributed by atoms with E-state index in [1.165, 1.54) is 24.0 Å². The van der Waals surface area contributed by atoms with Crippen LogP contribution < -0.4 is 4.90 Å². The molecule has 0 aliphatic heterocycles. The number of carbonyl (C=O) groups excluding carboxylic acids is 1. The summed E-state index contributed by atoms with van der Waals surface area (Å²) in [5.41, 5.74) is 0.903. The van der Waals surface area contributed by atoms with Gasteiger partial charge in [-0.15, -0.1) is 5.11 Å². The molecule has 2 rings (SSSR count). The number of hydrogen-bond donors (Lipinski definition) is 0. The Kier molecular flexibility index (Phi) is 5.27. The molecule has 0 spiro atoms. The number of rotatable bonds is 4. The van der Waals surface area contributed by atoms with Crippen LogP contribution in [-0.4, -0.2) is 21.4 Å². The van der Waals surface area contributed by atoms with Crippen LogP contribution in [0.15, 0.2) is 67.5 Å². The first-order chi connectivity index (χ1) is 10.8. The van der Waals surface area contributed by atoms with Crippen LogP contribution in [0.25, 0.3) is 0 Å². The summed E-state index contributed by atoms with van der Waals surface area (Å²) in [7, 11) is -2.24. The number of sulfonamides is 1. The number of nitrogens with zero attached hydrogens (tertiary/aromatic N) is 3. The van der Waals surface area contributed by atoms with Crippen molar-refractivity contribution in [2.75, 3.05) is 11.9 Å². The second-order valence-corrected chi connectivity index (χ2v) is 7.22. The second-order valence-electron chi connectivity index (χ2n) is 4.72. The fourth-order valence-electron chi connectivity index (χ4n) is 1.73. The van der Waals surface area contributed by atoms with E-state index in [0.29, 0.717) is 15.8 Å². The van der Waals surface area contributed by atoms with Crippen LogP contribution in [0.5, 0.6) is 0 Å². The number of anilines is 1. The number of amides is 1. The van der Waals surface area contributed by atoms with Crippen molar-refractivity contribution in [2.24, 2.45) is 9.63 Å². The molecule has 0 heterocycles. The molecule has 0 saturated carbocycles. The highest BCUT2D eigenvalue weighted by molar-refractivity contribution is 9.10. The van der Waals surface area contributed by atoms with E-state index in [4.69, 9.17) is 0 Å². The van der Waals surface area contributed by atoms with Gasteiger partial charge in [-0.1, -0.05) is 38.6 Å². The average Bonchev–Trinajstić information content (AvgIpc) is 2.52. The smallest absolute Gasteiger partial charge is 0.299 e. The number of halogens is 1. The third kappa shape index (κ3) is 4.46. The summed E-state index contributed by atoms with van der Waals surface area (Å²) in [6, 6.07) is 12.8. The summed E-state index contributed by atoms with van der Waals surface area (Å²) >= 11 is 3.31. The van der Waals surface area contributed by atoms with Crippen LogP contribution in [0.2, 0.25) is 0 Å². The van der Waals surface area contributed by atoms with Gasteiger partial charge in [0.1, 0.15) is 0 Å². The Morgan fingerprint density at radius 2 is 1.78 bits per heavy atom. The van der Waals surface area contributed by atoms with Gasteiger partial charge in [0.25, 0.3) is 10.0 Å². The van der Waals surface area contributed by atoms with Gasteiger partial charge in [-0.3, -0.25) is 4.79 Å². The predicted octanol–water partition coefficient (Wildman–Crippen LogP) is 3.90. The number of carbonyl (C=O) groups is 1. The van der Waals surface area contributed by atoms with Crippen molar-refractivity contribution in [3.63, 3.8) is 0 Å². The monoisotopic (exact) mass is 395 g/mol. The highest BCUT2D eigenvalue weighted by atomic mass is 79.9. The van der Waals surface area contributed by atoms with Gasteiger partial charge in [-0.25, -0.2) is 0 Å². The molecule has 0 aliphatic carbocycles. The molecule has 1 amide bonds. The Morgan fingerprint density at radius 1 is 1.13 bits per heavy atom. The fraction of sp³-hybridized carbons (Fsp3) is 0.133. The minimum Gasteiger partial charge on any atom is -0.316 e. The maximum atomic E-state index is 12.1. The zero-order chi connectivity index (χ0) is 17.0. The van der Waals surface area contributed by atoms with Crippen LogP contribution in [-0.2, 0) is 14.8 Å². The van der Waals surface area contributed by atoms with Gasteiger partial charge >= 0.3 is 0 Å². The van der Waals surface area contributed by atoms with Gasteiger partial charge in [0.2, 0.25) is 5.91 Å². The first-order valence-electron chi connectivity index (χ1n) is 6.57. The van der Waals surface area contributed by atoms with Crippen molar-refractivity contribution in [3.05, 3.63) is 53.0 Å². The maximum absolute atomic E-state index is 12.1. The zero-order valence-electron chi connectivity index (χ0n) is 12.5. The van der Waals surface area contributed by atoms with Crippen LogP contribution in [0.1, 0.15) is 6.92 Å². The molecule has 0 aliphatic rings. The fourth-order valence-corrected chi connectivity index (χ4v) is 3.00. The summed E-state index contributed by atoms with van der Waals surface area (Å²) in [6.07, 6.45) is 0. The quantitative estimate of drug-likeness (QED) is 0.736. The molecule has 8 heteroatoms. The van der Waals surface area contributed by atoms with E-state index in [9.17, 15) is 13.2 Å².